The van der Waals surface area contributed by atoms with Crippen molar-refractivity contribution < 1.29 is 5.11 Å². The molecule has 1 saturated heterocycles. The van der Waals surface area contributed by atoms with Gasteiger partial charge in [-0.3, -0.25) is 4.90 Å². The third-order valence-electron chi connectivity index (χ3n) is 7.00. The van der Waals surface area contributed by atoms with Crippen molar-refractivity contribution >= 4 is 11.1 Å². The summed E-state index contributed by atoms with van der Waals surface area (Å²) in [5.41, 5.74) is 9.58. The van der Waals surface area contributed by atoms with Crippen LogP contribution in [0.1, 0.15) is 69.1 Å². The lowest BCUT2D eigenvalue weighted by Gasteiger charge is -2.42. The second kappa shape index (κ2) is 10.5. The molecule has 2 aromatic rings. The van der Waals surface area contributed by atoms with Crippen molar-refractivity contribution in [1.82, 2.24) is 4.90 Å². The van der Waals surface area contributed by atoms with Gasteiger partial charge in [0.1, 0.15) is 0 Å². The van der Waals surface area contributed by atoms with Gasteiger partial charge in [-0.25, -0.2) is 0 Å². The first-order valence-corrected chi connectivity index (χ1v) is 12.2. The van der Waals surface area contributed by atoms with Gasteiger partial charge in [0.2, 0.25) is 0 Å². The van der Waals surface area contributed by atoms with E-state index in [1.54, 1.807) is 0 Å². The minimum atomic E-state index is 0.217. The maximum atomic E-state index is 9.60. The van der Waals surface area contributed by atoms with Crippen molar-refractivity contribution in [2.45, 2.75) is 58.4 Å². The predicted octanol–water partition coefficient (Wildman–Crippen LogP) is 6.84. The minimum Gasteiger partial charge on any atom is -0.396 e. The van der Waals surface area contributed by atoms with E-state index in [-0.39, 0.29) is 6.61 Å². The summed E-state index contributed by atoms with van der Waals surface area (Å²) in [7, 11) is 0. The highest BCUT2D eigenvalue weighted by Crippen LogP contribution is 2.39. The molecule has 1 aliphatic heterocycles. The fraction of sp³-hybridized carbons (Fsp3) is 0.400. The number of rotatable bonds is 8. The van der Waals surface area contributed by atoms with E-state index in [9.17, 15) is 5.11 Å². The van der Waals surface area contributed by atoms with Crippen molar-refractivity contribution in [2.75, 3.05) is 19.7 Å². The molecule has 0 bridgehead atoms. The topological polar surface area (TPSA) is 23.5 Å². The van der Waals surface area contributed by atoms with Gasteiger partial charge in [-0.05, 0) is 79.9 Å². The highest BCUT2D eigenvalue weighted by Gasteiger charge is 2.29. The Balaban J connectivity index is 1.73. The summed E-state index contributed by atoms with van der Waals surface area (Å²) in [5, 5.41) is 9.60. The number of aliphatic hydroxyl groups excluding tert-OH is 1. The number of likely N-dealkylation sites (tertiary alicyclic amines) is 1. The molecule has 1 aliphatic carbocycles. The molecule has 4 rings (SSSR count). The van der Waals surface area contributed by atoms with E-state index in [1.807, 2.05) is 0 Å². The summed E-state index contributed by atoms with van der Waals surface area (Å²) in [6.07, 6.45) is 8.43. The van der Waals surface area contributed by atoms with Gasteiger partial charge in [0.15, 0.2) is 0 Å². The normalized spacial score (nSPS) is 18.2. The fourth-order valence-corrected chi connectivity index (χ4v) is 4.88. The van der Waals surface area contributed by atoms with Crippen LogP contribution in [0.2, 0.25) is 0 Å². The standard InChI is InChI=1S/C30H37NO/c1-22(2)31-20-28(21-31)24-15-17-27(18-16-24)30(26-13-11-23(3)12-14-26)29(10-7-19-32)25-8-5-4-6-9-25/h4-6,8-9,11,13,15-18,22,28,32H,7,10,12,14,19-21H2,1-3H3/b30-29-. The maximum absolute atomic E-state index is 9.60. The molecule has 168 valence electrons. The smallest absolute Gasteiger partial charge is 0.0434 e. The van der Waals surface area contributed by atoms with E-state index in [2.05, 4.69) is 92.4 Å². The van der Waals surface area contributed by atoms with E-state index in [0.29, 0.717) is 12.0 Å². The second-order valence-electron chi connectivity index (χ2n) is 9.62. The Kier molecular flexibility index (Phi) is 7.44. The van der Waals surface area contributed by atoms with Crippen LogP contribution in [0.15, 0.2) is 77.9 Å². The number of allylic oxidation sites excluding steroid dienone is 6. The van der Waals surface area contributed by atoms with E-state index in [1.165, 1.54) is 52.1 Å². The number of benzene rings is 2. The van der Waals surface area contributed by atoms with E-state index in [4.69, 9.17) is 0 Å². The first-order valence-electron chi connectivity index (χ1n) is 12.2. The number of hydrogen-bond acceptors (Lipinski definition) is 2. The first kappa shape index (κ1) is 22.8. The van der Waals surface area contributed by atoms with Crippen molar-refractivity contribution in [2.24, 2.45) is 0 Å². The van der Waals surface area contributed by atoms with Crippen LogP contribution in [-0.2, 0) is 0 Å². The number of hydrogen-bond donors (Lipinski definition) is 1. The molecule has 32 heavy (non-hydrogen) atoms. The summed E-state index contributed by atoms with van der Waals surface area (Å²) in [5.74, 6) is 0.654. The molecule has 2 heteroatoms. The lowest BCUT2D eigenvalue weighted by Crippen LogP contribution is -2.48. The van der Waals surface area contributed by atoms with Gasteiger partial charge in [-0.1, -0.05) is 72.3 Å². The summed E-state index contributed by atoms with van der Waals surface area (Å²) in [4.78, 5) is 2.54. The Labute approximate surface area is 194 Å². The van der Waals surface area contributed by atoms with Crippen molar-refractivity contribution in [3.63, 3.8) is 0 Å². The fourth-order valence-electron chi connectivity index (χ4n) is 4.88. The Morgan fingerprint density at radius 1 is 0.938 bits per heavy atom. The van der Waals surface area contributed by atoms with Crippen molar-refractivity contribution in [3.05, 3.63) is 94.6 Å². The molecule has 2 aromatic carbocycles. The third-order valence-corrected chi connectivity index (χ3v) is 7.00. The largest absolute Gasteiger partial charge is 0.396 e. The zero-order valence-electron chi connectivity index (χ0n) is 19.8. The molecular formula is C30H37NO. The van der Waals surface area contributed by atoms with E-state index < -0.39 is 0 Å². The summed E-state index contributed by atoms with van der Waals surface area (Å²) >= 11 is 0. The molecule has 0 aromatic heterocycles. The average molecular weight is 428 g/mol. The van der Waals surface area contributed by atoms with E-state index >= 15 is 0 Å². The highest BCUT2D eigenvalue weighted by atomic mass is 16.2. The molecule has 0 spiro atoms. The van der Waals surface area contributed by atoms with Crippen LogP contribution in [0.4, 0.5) is 0 Å². The number of nitrogens with zero attached hydrogens (tertiary/aromatic N) is 1. The van der Waals surface area contributed by atoms with Gasteiger partial charge in [0.25, 0.3) is 0 Å². The molecule has 0 saturated carbocycles. The van der Waals surface area contributed by atoms with Gasteiger partial charge in [0, 0.05) is 31.7 Å². The second-order valence-corrected chi connectivity index (χ2v) is 9.62. The Morgan fingerprint density at radius 2 is 1.66 bits per heavy atom. The Morgan fingerprint density at radius 3 is 2.25 bits per heavy atom. The van der Waals surface area contributed by atoms with E-state index in [0.717, 1.165) is 25.7 Å². The number of aliphatic hydroxyl groups is 1. The van der Waals surface area contributed by atoms with Crippen molar-refractivity contribution in [1.29, 1.82) is 0 Å². The third kappa shape index (κ3) is 5.14. The first-order chi connectivity index (χ1) is 15.6. The molecule has 1 heterocycles. The van der Waals surface area contributed by atoms with Crippen molar-refractivity contribution in [3.8, 4) is 0 Å². The lowest BCUT2D eigenvalue weighted by molar-refractivity contribution is 0.110. The monoisotopic (exact) mass is 427 g/mol. The van der Waals surface area contributed by atoms with Crippen LogP contribution in [0.5, 0.6) is 0 Å². The highest BCUT2D eigenvalue weighted by molar-refractivity contribution is 5.98. The zero-order valence-corrected chi connectivity index (χ0v) is 19.8. The molecule has 0 radical (unpaired) electrons. The quantitative estimate of drug-likeness (QED) is 0.466. The molecule has 2 aliphatic rings. The molecule has 0 atom stereocenters. The van der Waals surface area contributed by atoms with Gasteiger partial charge in [-0.15, -0.1) is 0 Å². The van der Waals surface area contributed by atoms with Gasteiger partial charge < -0.3 is 5.11 Å². The van der Waals surface area contributed by atoms with Crippen LogP contribution in [-0.4, -0.2) is 35.7 Å². The molecular weight excluding hydrogens is 390 g/mol. The van der Waals surface area contributed by atoms with Gasteiger partial charge in [-0.2, -0.15) is 0 Å². The van der Waals surface area contributed by atoms with Crippen LogP contribution in [0, 0.1) is 0 Å². The minimum absolute atomic E-state index is 0.217. The van der Waals surface area contributed by atoms with Crippen LogP contribution in [0.25, 0.3) is 11.1 Å². The average Bonchev–Trinajstić information content (AvgIpc) is 2.77. The molecule has 1 fully saturated rings. The predicted molar refractivity (Wildman–Crippen MR) is 137 cm³/mol. The maximum Gasteiger partial charge on any atom is 0.0434 e. The molecule has 1 N–H and O–H groups in total. The van der Waals surface area contributed by atoms with Gasteiger partial charge in [0.05, 0.1) is 0 Å². The van der Waals surface area contributed by atoms with Crippen LogP contribution in [0.3, 0.4) is 0 Å². The van der Waals surface area contributed by atoms with Gasteiger partial charge >= 0.3 is 0 Å². The summed E-state index contributed by atoms with van der Waals surface area (Å²) in [6, 6.07) is 20.7. The Bertz CT molecular complexity index is 989. The Hall–Kier alpha value is -2.42. The summed E-state index contributed by atoms with van der Waals surface area (Å²) < 4.78 is 0. The SMILES string of the molecule is CC1=CC=C(/C(=C(\CCCO)c2ccccc2)c2ccc(C3CN(C(C)C)C3)cc2)CC1. The molecule has 0 amide bonds. The lowest BCUT2D eigenvalue weighted by atomic mass is 9.82. The summed E-state index contributed by atoms with van der Waals surface area (Å²) in [6.45, 7) is 9.33. The van der Waals surface area contributed by atoms with Crippen LogP contribution >= 0.6 is 0 Å². The molecule has 0 unspecified atom stereocenters. The molecule has 2 nitrogen and oxygen atoms in total. The zero-order chi connectivity index (χ0) is 22.5. The van der Waals surface area contributed by atoms with Crippen LogP contribution < -0.4 is 0 Å².